The molecule has 0 saturated heterocycles. The third-order valence-corrected chi connectivity index (χ3v) is 1.85. The van der Waals surface area contributed by atoms with Gasteiger partial charge in [-0.15, -0.1) is 0 Å². The van der Waals surface area contributed by atoms with Crippen LogP contribution in [0.1, 0.15) is 17.3 Å². The van der Waals surface area contributed by atoms with E-state index in [9.17, 15) is 9.18 Å². The first-order valence-corrected chi connectivity index (χ1v) is 4.03. The van der Waals surface area contributed by atoms with Gasteiger partial charge in [0.25, 0.3) is 0 Å². The number of halogens is 1. The minimum Gasteiger partial charge on any atom is -0.493 e. The molecule has 0 aliphatic heterocycles. The maximum atomic E-state index is 13.2. The largest absolute Gasteiger partial charge is 0.493 e. The Labute approximate surface area is 81.4 Å². The molecule has 0 heterocycles. The first kappa shape index (κ1) is 10.5. The Morgan fingerprint density at radius 3 is 2.36 bits per heavy atom. The number of ether oxygens (including phenoxy) is 2. The molecule has 3 nitrogen and oxygen atoms in total. The zero-order valence-electron chi connectivity index (χ0n) is 8.26. The van der Waals surface area contributed by atoms with Gasteiger partial charge < -0.3 is 9.47 Å². The summed E-state index contributed by atoms with van der Waals surface area (Å²) in [6, 6.07) is 2.60. The summed E-state index contributed by atoms with van der Waals surface area (Å²) in [4.78, 5) is 11.1. The third kappa shape index (κ3) is 1.69. The van der Waals surface area contributed by atoms with E-state index in [1.54, 1.807) is 0 Å². The smallest absolute Gasteiger partial charge is 0.174 e. The third-order valence-electron chi connectivity index (χ3n) is 1.85. The number of carbonyl (C=O) groups excluding carboxylic acids is 1. The Bertz CT molecular complexity index is 361. The predicted molar refractivity (Wildman–Crippen MR) is 49.5 cm³/mol. The van der Waals surface area contributed by atoms with E-state index in [0.29, 0.717) is 5.75 Å². The van der Waals surface area contributed by atoms with E-state index in [0.717, 1.165) is 0 Å². The molecule has 0 aromatic heterocycles. The molecular weight excluding hydrogens is 187 g/mol. The fraction of sp³-hybridized carbons (Fsp3) is 0.300. The van der Waals surface area contributed by atoms with E-state index in [1.807, 2.05) is 0 Å². The van der Waals surface area contributed by atoms with Gasteiger partial charge in [-0.05, 0) is 19.1 Å². The fourth-order valence-corrected chi connectivity index (χ4v) is 1.23. The molecule has 1 aromatic rings. The molecule has 0 fully saturated rings. The highest BCUT2D eigenvalue weighted by Gasteiger charge is 2.18. The predicted octanol–water partition coefficient (Wildman–Crippen LogP) is 2.05. The van der Waals surface area contributed by atoms with Crippen LogP contribution in [-0.2, 0) is 0 Å². The Hall–Kier alpha value is -1.58. The van der Waals surface area contributed by atoms with Gasteiger partial charge >= 0.3 is 0 Å². The van der Waals surface area contributed by atoms with Crippen molar-refractivity contribution >= 4 is 5.78 Å². The van der Waals surface area contributed by atoms with Crippen LogP contribution in [0.25, 0.3) is 0 Å². The van der Waals surface area contributed by atoms with Crippen LogP contribution in [0, 0.1) is 5.82 Å². The molecule has 0 atom stereocenters. The zero-order valence-corrected chi connectivity index (χ0v) is 8.26. The Morgan fingerprint density at radius 2 is 1.93 bits per heavy atom. The van der Waals surface area contributed by atoms with Gasteiger partial charge in [-0.3, -0.25) is 4.79 Å². The van der Waals surface area contributed by atoms with E-state index in [2.05, 4.69) is 0 Å². The van der Waals surface area contributed by atoms with Gasteiger partial charge in [0.1, 0.15) is 5.82 Å². The second kappa shape index (κ2) is 4.09. The van der Waals surface area contributed by atoms with Crippen LogP contribution >= 0.6 is 0 Å². The van der Waals surface area contributed by atoms with Crippen LogP contribution in [0.3, 0.4) is 0 Å². The Kier molecular flexibility index (Phi) is 3.06. The lowest BCUT2D eigenvalue weighted by Gasteiger charge is -2.11. The van der Waals surface area contributed by atoms with Gasteiger partial charge in [-0.25, -0.2) is 4.39 Å². The first-order valence-electron chi connectivity index (χ1n) is 4.03. The lowest BCUT2D eigenvalue weighted by Crippen LogP contribution is -2.03. The number of methoxy groups -OCH3 is 2. The van der Waals surface area contributed by atoms with Crippen molar-refractivity contribution in [2.24, 2.45) is 0 Å². The van der Waals surface area contributed by atoms with Crippen LogP contribution in [0.5, 0.6) is 11.5 Å². The Balaban J connectivity index is 3.42. The highest BCUT2D eigenvalue weighted by atomic mass is 19.1. The average Bonchev–Trinajstić information content (AvgIpc) is 2.16. The minimum atomic E-state index is -0.602. The topological polar surface area (TPSA) is 35.5 Å². The molecular formula is C10H11FO3. The lowest BCUT2D eigenvalue weighted by molar-refractivity contribution is 0.101. The van der Waals surface area contributed by atoms with E-state index in [4.69, 9.17) is 9.47 Å². The summed E-state index contributed by atoms with van der Waals surface area (Å²) in [7, 11) is 2.80. The number of hydrogen-bond acceptors (Lipinski definition) is 3. The maximum absolute atomic E-state index is 13.2. The highest BCUT2D eigenvalue weighted by molar-refractivity contribution is 5.98. The van der Waals surface area contributed by atoms with Crippen LogP contribution < -0.4 is 9.47 Å². The van der Waals surface area contributed by atoms with Crippen molar-refractivity contribution in [3.63, 3.8) is 0 Å². The zero-order chi connectivity index (χ0) is 10.7. The second-order valence-corrected chi connectivity index (χ2v) is 2.71. The average molecular weight is 198 g/mol. The van der Waals surface area contributed by atoms with Gasteiger partial charge in [-0.1, -0.05) is 0 Å². The lowest BCUT2D eigenvalue weighted by atomic mass is 10.1. The second-order valence-electron chi connectivity index (χ2n) is 2.71. The quantitative estimate of drug-likeness (QED) is 0.697. The van der Waals surface area contributed by atoms with Gasteiger partial charge in [-0.2, -0.15) is 0 Å². The molecule has 4 heteroatoms. The molecule has 0 amide bonds. The van der Waals surface area contributed by atoms with Crippen LogP contribution in [0.2, 0.25) is 0 Å². The van der Waals surface area contributed by atoms with Crippen molar-refractivity contribution < 1.29 is 18.7 Å². The molecule has 0 unspecified atom stereocenters. The molecule has 76 valence electrons. The van der Waals surface area contributed by atoms with E-state index in [1.165, 1.54) is 33.3 Å². The van der Waals surface area contributed by atoms with Crippen molar-refractivity contribution in [2.45, 2.75) is 6.92 Å². The minimum absolute atomic E-state index is 0.0770. The summed E-state index contributed by atoms with van der Waals surface area (Å²) < 4.78 is 23.1. The van der Waals surface area contributed by atoms with Gasteiger partial charge in [0.05, 0.1) is 19.8 Å². The summed E-state index contributed by atoms with van der Waals surface area (Å²) in [6.45, 7) is 1.28. The molecule has 0 aliphatic rings. The monoisotopic (exact) mass is 198 g/mol. The number of hydrogen-bond donors (Lipinski definition) is 0. The van der Waals surface area contributed by atoms with Gasteiger partial charge in [0, 0.05) is 0 Å². The molecule has 0 radical (unpaired) electrons. The number of ketones is 1. The highest BCUT2D eigenvalue weighted by Crippen LogP contribution is 2.32. The maximum Gasteiger partial charge on any atom is 0.174 e. The van der Waals surface area contributed by atoms with Crippen molar-refractivity contribution in [3.05, 3.63) is 23.5 Å². The summed E-state index contributed by atoms with van der Waals surface area (Å²) >= 11 is 0. The molecule has 1 rings (SSSR count). The first-order chi connectivity index (χ1) is 6.61. The molecule has 0 N–H and O–H groups in total. The van der Waals surface area contributed by atoms with Crippen LogP contribution in [-0.4, -0.2) is 20.0 Å². The van der Waals surface area contributed by atoms with Crippen LogP contribution in [0.15, 0.2) is 12.1 Å². The SMILES string of the molecule is COc1ccc(F)c(C(C)=O)c1OC. The summed E-state index contributed by atoms with van der Waals surface area (Å²) in [5.41, 5.74) is -0.0770. The molecule has 1 aromatic carbocycles. The van der Waals surface area contributed by atoms with E-state index >= 15 is 0 Å². The standard InChI is InChI=1S/C10H11FO3/c1-6(12)9-7(11)4-5-8(13-2)10(9)14-3/h4-5H,1-3H3. The van der Waals surface area contributed by atoms with Crippen molar-refractivity contribution in [1.29, 1.82) is 0 Å². The summed E-state index contributed by atoms with van der Waals surface area (Å²) in [6.07, 6.45) is 0. The molecule has 0 saturated carbocycles. The van der Waals surface area contributed by atoms with Gasteiger partial charge in [0.15, 0.2) is 17.3 Å². The van der Waals surface area contributed by atoms with Crippen molar-refractivity contribution in [2.75, 3.05) is 14.2 Å². The molecule has 0 spiro atoms. The molecule has 14 heavy (non-hydrogen) atoms. The summed E-state index contributed by atoms with van der Waals surface area (Å²) in [5.74, 6) is -0.507. The normalized spacial score (nSPS) is 9.71. The molecule has 0 bridgehead atoms. The number of carbonyl (C=O) groups is 1. The fourth-order valence-electron chi connectivity index (χ4n) is 1.23. The molecule has 0 aliphatic carbocycles. The van der Waals surface area contributed by atoms with E-state index < -0.39 is 11.6 Å². The van der Waals surface area contributed by atoms with Crippen LogP contribution in [0.4, 0.5) is 4.39 Å². The van der Waals surface area contributed by atoms with Crippen molar-refractivity contribution in [1.82, 2.24) is 0 Å². The number of rotatable bonds is 3. The summed E-state index contributed by atoms with van der Waals surface area (Å²) in [5, 5.41) is 0. The van der Waals surface area contributed by atoms with E-state index in [-0.39, 0.29) is 11.3 Å². The number of benzene rings is 1. The van der Waals surface area contributed by atoms with Crippen molar-refractivity contribution in [3.8, 4) is 11.5 Å². The number of Topliss-reactive ketones (excluding diaryl/α,β-unsaturated/α-hetero) is 1. The van der Waals surface area contributed by atoms with Gasteiger partial charge in [0.2, 0.25) is 0 Å². The Morgan fingerprint density at radius 1 is 1.29 bits per heavy atom.